The van der Waals surface area contributed by atoms with Gasteiger partial charge < -0.3 is 25.4 Å². The Balaban J connectivity index is 1.62. The lowest BCUT2D eigenvalue weighted by Gasteiger charge is -2.32. The average Bonchev–Trinajstić information content (AvgIpc) is 3.27. The lowest BCUT2D eigenvalue weighted by atomic mass is 10.0. The molecule has 0 spiro atoms. The van der Waals surface area contributed by atoms with E-state index in [4.69, 9.17) is 10.5 Å². The van der Waals surface area contributed by atoms with Gasteiger partial charge in [-0.05, 0) is 75.2 Å². The first kappa shape index (κ1) is 24.1. The second kappa shape index (κ2) is 10.8. The number of anilines is 1. The molecule has 3 N–H and O–H groups in total. The van der Waals surface area contributed by atoms with E-state index in [9.17, 15) is 9.90 Å². The monoisotopic (exact) mass is 458 g/mol. The van der Waals surface area contributed by atoms with E-state index in [1.54, 1.807) is 16.2 Å². The number of rotatable bonds is 8. The molecular formula is C24H34N4O3S. The van der Waals surface area contributed by atoms with E-state index >= 15 is 0 Å². The number of ether oxygens (including phenoxy) is 1. The van der Waals surface area contributed by atoms with Gasteiger partial charge in [0.1, 0.15) is 11.4 Å². The first-order chi connectivity index (χ1) is 15.3. The van der Waals surface area contributed by atoms with Crippen LogP contribution in [0.25, 0.3) is 0 Å². The highest BCUT2D eigenvalue weighted by atomic mass is 32.1. The number of nitrogens with zero attached hydrogens (tertiary/aromatic N) is 3. The van der Waals surface area contributed by atoms with E-state index in [0.717, 1.165) is 42.9 Å². The number of amides is 1. The van der Waals surface area contributed by atoms with Crippen molar-refractivity contribution in [2.75, 3.05) is 37.7 Å². The molecular weight excluding hydrogens is 424 g/mol. The number of thiophene rings is 1. The third-order valence-corrected chi connectivity index (χ3v) is 6.07. The predicted octanol–water partition coefficient (Wildman–Crippen LogP) is 4.16. The quantitative estimate of drug-likeness (QED) is 0.458. The molecule has 7 nitrogen and oxygen atoms in total. The van der Waals surface area contributed by atoms with Crippen molar-refractivity contribution < 1.29 is 14.6 Å². The number of fused-ring (bicyclic) bond motifs is 1. The fourth-order valence-electron chi connectivity index (χ4n) is 3.78. The summed E-state index contributed by atoms with van der Waals surface area (Å²) in [7, 11) is 0. The Kier molecular flexibility index (Phi) is 8.15. The first-order valence-corrected chi connectivity index (χ1v) is 12.0. The summed E-state index contributed by atoms with van der Waals surface area (Å²) in [6.07, 6.45) is 2.51. The maximum Gasteiger partial charge on any atom is 0.410 e. The van der Waals surface area contributed by atoms with E-state index < -0.39 is 5.60 Å². The van der Waals surface area contributed by atoms with Crippen LogP contribution in [0.15, 0.2) is 40.7 Å². The molecule has 0 saturated carbocycles. The molecule has 0 bridgehead atoms. The van der Waals surface area contributed by atoms with Gasteiger partial charge in [0.05, 0.1) is 17.2 Å². The second-order valence-corrected chi connectivity index (χ2v) is 9.87. The van der Waals surface area contributed by atoms with E-state index in [2.05, 4.69) is 22.0 Å². The zero-order valence-electron chi connectivity index (χ0n) is 19.2. The van der Waals surface area contributed by atoms with Crippen molar-refractivity contribution in [3.63, 3.8) is 0 Å². The maximum atomic E-state index is 12.4. The van der Waals surface area contributed by atoms with Crippen LogP contribution in [0, 0.1) is 0 Å². The molecule has 32 heavy (non-hydrogen) atoms. The Hall–Kier alpha value is -2.58. The van der Waals surface area contributed by atoms with Crippen molar-refractivity contribution in [2.24, 2.45) is 10.7 Å². The number of aliphatic hydroxyl groups excluding tert-OH is 1. The standard InChI is InChI=1S/C24H34N4O3S/c1-24(2,3)31-23(30)28(14-15-29)13-6-12-27-11-4-7-18-17-19(9-10-20(18)27)26-22(25)21-8-5-16-32-21/h5,8-10,16-17,29H,4,6-7,11-15H2,1-3H3,(H2,25,26). The molecule has 0 saturated heterocycles. The average molecular weight is 459 g/mol. The fourth-order valence-corrected chi connectivity index (χ4v) is 4.40. The van der Waals surface area contributed by atoms with Gasteiger partial charge in [-0.2, -0.15) is 0 Å². The van der Waals surface area contributed by atoms with Gasteiger partial charge in [-0.3, -0.25) is 0 Å². The highest BCUT2D eigenvalue weighted by molar-refractivity contribution is 7.12. The van der Waals surface area contributed by atoms with Gasteiger partial charge in [-0.1, -0.05) is 6.07 Å². The van der Waals surface area contributed by atoms with Crippen molar-refractivity contribution in [3.05, 3.63) is 46.2 Å². The van der Waals surface area contributed by atoms with Gasteiger partial charge in [0.2, 0.25) is 0 Å². The summed E-state index contributed by atoms with van der Waals surface area (Å²) in [6.45, 7) is 8.09. The molecule has 1 aliphatic heterocycles. The minimum atomic E-state index is -0.552. The number of nitrogens with two attached hydrogens (primary N) is 1. The summed E-state index contributed by atoms with van der Waals surface area (Å²) >= 11 is 1.58. The zero-order valence-corrected chi connectivity index (χ0v) is 20.0. The molecule has 1 aliphatic rings. The minimum Gasteiger partial charge on any atom is -0.444 e. The summed E-state index contributed by atoms with van der Waals surface area (Å²) in [5, 5.41) is 11.3. The smallest absolute Gasteiger partial charge is 0.410 e. The van der Waals surface area contributed by atoms with Crippen molar-refractivity contribution in [3.8, 4) is 0 Å². The van der Waals surface area contributed by atoms with E-state index in [0.29, 0.717) is 12.4 Å². The minimum absolute atomic E-state index is 0.0797. The molecule has 0 aliphatic carbocycles. The Morgan fingerprint density at radius 2 is 2.12 bits per heavy atom. The van der Waals surface area contributed by atoms with Crippen LogP contribution in [-0.2, 0) is 11.2 Å². The van der Waals surface area contributed by atoms with Gasteiger partial charge in [0.25, 0.3) is 0 Å². The third-order valence-electron chi connectivity index (χ3n) is 5.18. The normalized spacial score (nSPS) is 14.2. The number of aliphatic imine (C=N–C) groups is 1. The predicted molar refractivity (Wildman–Crippen MR) is 131 cm³/mol. The molecule has 0 radical (unpaired) electrons. The number of carbonyl (C=O) groups excluding carboxylic acids is 1. The third kappa shape index (κ3) is 6.71. The van der Waals surface area contributed by atoms with Crippen LogP contribution in [0.5, 0.6) is 0 Å². The topological polar surface area (TPSA) is 91.4 Å². The second-order valence-electron chi connectivity index (χ2n) is 8.92. The number of hydrogen-bond donors (Lipinski definition) is 2. The number of aryl methyl sites for hydroxylation is 1. The van der Waals surface area contributed by atoms with Crippen molar-refractivity contribution in [1.82, 2.24) is 4.90 Å². The summed E-state index contributed by atoms with van der Waals surface area (Å²) in [5.74, 6) is 0.540. The van der Waals surface area contributed by atoms with Crippen molar-refractivity contribution in [1.29, 1.82) is 0 Å². The maximum absolute atomic E-state index is 12.4. The molecule has 1 aromatic carbocycles. The SMILES string of the molecule is CC(C)(C)OC(=O)N(CCO)CCCN1CCCc2cc(N=C(N)c3cccs3)ccc21. The van der Waals surface area contributed by atoms with Gasteiger partial charge in [0.15, 0.2) is 0 Å². The molecule has 8 heteroatoms. The molecule has 1 amide bonds. The van der Waals surface area contributed by atoms with Crippen LogP contribution in [0.1, 0.15) is 44.1 Å². The first-order valence-electron chi connectivity index (χ1n) is 11.1. The lowest BCUT2D eigenvalue weighted by molar-refractivity contribution is 0.0218. The van der Waals surface area contributed by atoms with Crippen LogP contribution < -0.4 is 10.6 Å². The highest BCUT2D eigenvalue weighted by Gasteiger charge is 2.22. The molecule has 2 aromatic rings. The number of hydrogen-bond acceptors (Lipinski definition) is 6. The Morgan fingerprint density at radius 3 is 2.81 bits per heavy atom. The Bertz CT molecular complexity index is 922. The van der Waals surface area contributed by atoms with Crippen molar-refractivity contribution >= 4 is 34.6 Å². The number of carbonyl (C=O) groups is 1. The van der Waals surface area contributed by atoms with E-state index in [1.807, 2.05) is 44.4 Å². The molecule has 1 aromatic heterocycles. The number of amidine groups is 1. The van der Waals surface area contributed by atoms with E-state index in [1.165, 1.54) is 11.3 Å². The van der Waals surface area contributed by atoms with Crippen LogP contribution in [0.3, 0.4) is 0 Å². The van der Waals surface area contributed by atoms with Crippen molar-refractivity contribution in [2.45, 2.75) is 45.6 Å². The van der Waals surface area contributed by atoms with Crippen LogP contribution >= 0.6 is 11.3 Å². The number of aliphatic hydroxyl groups is 1. The molecule has 0 atom stereocenters. The van der Waals surface area contributed by atoms with Gasteiger partial charge >= 0.3 is 6.09 Å². The number of benzene rings is 1. The largest absolute Gasteiger partial charge is 0.444 e. The van der Waals surface area contributed by atoms with Crippen LogP contribution in [-0.4, -0.2) is 60.3 Å². The van der Waals surface area contributed by atoms with Gasteiger partial charge in [-0.25, -0.2) is 9.79 Å². The van der Waals surface area contributed by atoms with Crippen LogP contribution in [0.4, 0.5) is 16.2 Å². The highest BCUT2D eigenvalue weighted by Crippen LogP contribution is 2.31. The summed E-state index contributed by atoms with van der Waals surface area (Å²) < 4.78 is 5.46. The molecule has 3 rings (SSSR count). The Labute approximate surface area is 194 Å². The van der Waals surface area contributed by atoms with Gasteiger partial charge in [0, 0.05) is 31.9 Å². The molecule has 2 heterocycles. The molecule has 0 fully saturated rings. The zero-order chi connectivity index (χ0) is 23.1. The fraction of sp³-hybridized carbons (Fsp3) is 0.500. The molecule has 174 valence electrons. The van der Waals surface area contributed by atoms with Crippen LogP contribution in [0.2, 0.25) is 0 Å². The van der Waals surface area contributed by atoms with Gasteiger partial charge in [-0.15, -0.1) is 11.3 Å². The summed E-state index contributed by atoms with van der Waals surface area (Å²) in [6, 6.07) is 10.2. The molecule has 0 unspecified atom stereocenters. The van der Waals surface area contributed by atoms with E-state index in [-0.39, 0.29) is 19.2 Å². The summed E-state index contributed by atoms with van der Waals surface area (Å²) in [4.78, 5) is 21.9. The summed E-state index contributed by atoms with van der Waals surface area (Å²) in [5.41, 5.74) is 8.96. The lowest BCUT2D eigenvalue weighted by Crippen LogP contribution is -2.40. The Morgan fingerprint density at radius 1 is 1.31 bits per heavy atom.